The van der Waals surface area contributed by atoms with Gasteiger partial charge in [-0.15, -0.1) is 0 Å². The number of carbonyl (C=O) groups excluding carboxylic acids is 1. The van der Waals surface area contributed by atoms with E-state index in [0.29, 0.717) is 19.6 Å². The molecule has 1 atom stereocenters. The van der Waals surface area contributed by atoms with Crippen LogP contribution in [-0.4, -0.2) is 39.6 Å². The highest BCUT2D eigenvalue weighted by Crippen LogP contribution is 2.07. The van der Waals surface area contributed by atoms with Crippen LogP contribution in [0.25, 0.3) is 0 Å². The third-order valence-corrected chi connectivity index (χ3v) is 4.41. The van der Waals surface area contributed by atoms with Gasteiger partial charge < -0.3 is 10.1 Å². The molecule has 0 bridgehead atoms. The van der Waals surface area contributed by atoms with E-state index >= 15 is 0 Å². The van der Waals surface area contributed by atoms with Gasteiger partial charge in [0.25, 0.3) is 0 Å². The van der Waals surface area contributed by atoms with Crippen molar-refractivity contribution < 1.29 is 17.9 Å². The van der Waals surface area contributed by atoms with E-state index in [1.54, 1.807) is 18.2 Å². The second-order valence-electron chi connectivity index (χ2n) is 5.22. The van der Waals surface area contributed by atoms with Crippen molar-refractivity contribution in [3.05, 3.63) is 30.3 Å². The Bertz CT molecular complexity index is 558. The van der Waals surface area contributed by atoms with Gasteiger partial charge in [0.1, 0.15) is 0 Å². The SMILES string of the molecule is CC(C)OCCCNC(=O)[C@@H](C)NS(=O)(=O)c1ccccc1. The van der Waals surface area contributed by atoms with Crippen molar-refractivity contribution in [2.24, 2.45) is 0 Å². The molecule has 1 rings (SSSR count). The molecule has 0 aliphatic heterocycles. The Labute approximate surface area is 132 Å². The smallest absolute Gasteiger partial charge is 0.241 e. The first-order chi connectivity index (χ1) is 10.3. The molecular formula is C15H24N2O4S. The fourth-order valence-corrected chi connectivity index (χ4v) is 2.93. The largest absolute Gasteiger partial charge is 0.379 e. The molecule has 0 radical (unpaired) electrons. The van der Waals surface area contributed by atoms with Gasteiger partial charge in [-0.1, -0.05) is 18.2 Å². The maximum absolute atomic E-state index is 12.1. The molecule has 6 nitrogen and oxygen atoms in total. The van der Waals surface area contributed by atoms with E-state index in [1.165, 1.54) is 19.1 Å². The van der Waals surface area contributed by atoms with E-state index in [4.69, 9.17) is 4.74 Å². The maximum atomic E-state index is 12.1. The Kier molecular flexibility index (Phi) is 7.50. The third-order valence-electron chi connectivity index (χ3n) is 2.85. The number of hydrogen-bond acceptors (Lipinski definition) is 4. The van der Waals surface area contributed by atoms with Gasteiger partial charge in [0, 0.05) is 13.2 Å². The minimum Gasteiger partial charge on any atom is -0.379 e. The number of rotatable bonds is 9. The summed E-state index contributed by atoms with van der Waals surface area (Å²) in [6.45, 7) is 6.41. The van der Waals surface area contributed by atoms with Crippen LogP contribution >= 0.6 is 0 Å². The maximum Gasteiger partial charge on any atom is 0.241 e. The number of benzene rings is 1. The molecule has 7 heteroatoms. The summed E-state index contributed by atoms with van der Waals surface area (Å²) < 4.78 is 31.9. The van der Waals surface area contributed by atoms with E-state index in [0.717, 1.165) is 0 Å². The standard InChI is InChI=1S/C15H24N2O4S/c1-12(2)21-11-7-10-16-15(18)13(3)17-22(19,20)14-8-5-4-6-9-14/h4-6,8-9,12-13,17H,7,10-11H2,1-3H3,(H,16,18)/t13-/m1/s1. The normalized spacial score (nSPS) is 13.1. The minimum atomic E-state index is -3.69. The number of sulfonamides is 1. The molecule has 0 aliphatic rings. The molecule has 2 N–H and O–H groups in total. The summed E-state index contributed by atoms with van der Waals surface area (Å²) in [4.78, 5) is 12.0. The van der Waals surface area contributed by atoms with Crippen LogP contribution in [0.3, 0.4) is 0 Å². The fraction of sp³-hybridized carbons (Fsp3) is 0.533. The first-order valence-electron chi connectivity index (χ1n) is 7.29. The van der Waals surface area contributed by atoms with Crippen LogP contribution in [0.1, 0.15) is 27.2 Å². The second-order valence-corrected chi connectivity index (χ2v) is 6.93. The van der Waals surface area contributed by atoms with Gasteiger partial charge in [0.2, 0.25) is 15.9 Å². The molecule has 0 heterocycles. The van der Waals surface area contributed by atoms with Crippen molar-refractivity contribution in [2.75, 3.05) is 13.2 Å². The lowest BCUT2D eigenvalue weighted by molar-refractivity contribution is -0.122. The van der Waals surface area contributed by atoms with Gasteiger partial charge in [0.05, 0.1) is 17.0 Å². The molecule has 22 heavy (non-hydrogen) atoms. The minimum absolute atomic E-state index is 0.139. The van der Waals surface area contributed by atoms with Crippen molar-refractivity contribution in [3.63, 3.8) is 0 Å². The van der Waals surface area contributed by atoms with E-state index in [2.05, 4.69) is 10.0 Å². The summed E-state index contributed by atoms with van der Waals surface area (Å²) in [6, 6.07) is 7.12. The lowest BCUT2D eigenvalue weighted by Crippen LogP contribution is -2.45. The molecule has 0 unspecified atom stereocenters. The van der Waals surface area contributed by atoms with Crippen molar-refractivity contribution in [2.45, 2.75) is 44.2 Å². The van der Waals surface area contributed by atoms with Crippen molar-refractivity contribution in [1.29, 1.82) is 0 Å². The molecule has 124 valence electrons. The molecule has 0 saturated heterocycles. The molecule has 1 aromatic carbocycles. The quantitative estimate of drug-likeness (QED) is 0.669. The molecular weight excluding hydrogens is 304 g/mol. The van der Waals surface area contributed by atoms with Gasteiger partial charge in [-0.2, -0.15) is 4.72 Å². The topological polar surface area (TPSA) is 84.5 Å². The number of carbonyl (C=O) groups is 1. The Morgan fingerprint density at radius 1 is 1.18 bits per heavy atom. The molecule has 1 aromatic rings. The van der Waals surface area contributed by atoms with Crippen molar-refractivity contribution >= 4 is 15.9 Å². The molecule has 1 amide bonds. The average Bonchev–Trinajstić information content (AvgIpc) is 2.46. The average molecular weight is 328 g/mol. The van der Waals surface area contributed by atoms with Gasteiger partial charge >= 0.3 is 0 Å². The van der Waals surface area contributed by atoms with Gasteiger partial charge in [0.15, 0.2) is 0 Å². The summed E-state index contributed by atoms with van der Waals surface area (Å²) in [5.41, 5.74) is 0. The van der Waals surface area contributed by atoms with E-state index < -0.39 is 16.1 Å². The molecule has 0 fully saturated rings. The highest BCUT2D eigenvalue weighted by molar-refractivity contribution is 7.89. The molecule has 0 saturated carbocycles. The highest BCUT2D eigenvalue weighted by atomic mass is 32.2. The van der Waals surface area contributed by atoms with Crippen molar-refractivity contribution in [3.8, 4) is 0 Å². The summed E-state index contributed by atoms with van der Waals surface area (Å²) >= 11 is 0. The van der Waals surface area contributed by atoms with Gasteiger partial charge in [-0.25, -0.2) is 8.42 Å². The summed E-state index contributed by atoms with van der Waals surface area (Å²) in [6.07, 6.45) is 0.842. The molecule has 0 aromatic heterocycles. The Hall–Kier alpha value is -1.44. The Morgan fingerprint density at radius 3 is 2.41 bits per heavy atom. The summed E-state index contributed by atoms with van der Waals surface area (Å²) in [5.74, 6) is -0.357. The first-order valence-corrected chi connectivity index (χ1v) is 8.78. The van der Waals surface area contributed by atoms with Crippen LogP contribution in [0, 0.1) is 0 Å². The fourth-order valence-electron chi connectivity index (χ4n) is 1.71. The predicted molar refractivity (Wildman–Crippen MR) is 84.9 cm³/mol. The van der Waals surface area contributed by atoms with Crippen molar-refractivity contribution in [1.82, 2.24) is 10.0 Å². The zero-order valence-electron chi connectivity index (χ0n) is 13.2. The Morgan fingerprint density at radius 2 is 1.82 bits per heavy atom. The van der Waals surface area contributed by atoms with Crippen LogP contribution in [-0.2, 0) is 19.6 Å². The predicted octanol–water partition coefficient (Wildman–Crippen LogP) is 1.28. The van der Waals surface area contributed by atoms with Crippen LogP contribution < -0.4 is 10.0 Å². The molecule has 0 spiro atoms. The molecule has 0 aliphatic carbocycles. The number of nitrogens with one attached hydrogen (secondary N) is 2. The monoisotopic (exact) mass is 328 g/mol. The summed E-state index contributed by atoms with van der Waals surface area (Å²) in [5, 5.41) is 2.68. The van der Waals surface area contributed by atoms with E-state index in [9.17, 15) is 13.2 Å². The first kappa shape index (κ1) is 18.6. The third kappa shape index (κ3) is 6.55. The van der Waals surface area contributed by atoms with E-state index in [1.807, 2.05) is 13.8 Å². The zero-order chi connectivity index (χ0) is 16.6. The lowest BCUT2D eigenvalue weighted by Gasteiger charge is -2.14. The van der Waals surface area contributed by atoms with Crippen LogP contribution in [0.15, 0.2) is 35.2 Å². The lowest BCUT2D eigenvalue weighted by atomic mass is 10.3. The van der Waals surface area contributed by atoms with E-state index in [-0.39, 0.29) is 16.9 Å². The second kappa shape index (κ2) is 8.87. The Balaban J connectivity index is 2.41. The van der Waals surface area contributed by atoms with Crippen LogP contribution in [0.4, 0.5) is 0 Å². The number of amides is 1. The highest BCUT2D eigenvalue weighted by Gasteiger charge is 2.21. The zero-order valence-corrected chi connectivity index (χ0v) is 14.0. The van der Waals surface area contributed by atoms with Crippen LogP contribution in [0.5, 0.6) is 0 Å². The number of hydrogen-bond donors (Lipinski definition) is 2. The van der Waals surface area contributed by atoms with Gasteiger partial charge in [-0.3, -0.25) is 4.79 Å². The van der Waals surface area contributed by atoms with Gasteiger partial charge in [-0.05, 0) is 39.3 Å². The van der Waals surface area contributed by atoms with Crippen LogP contribution in [0.2, 0.25) is 0 Å². The number of ether oxygens (including phenoxy) is 1. The summed E-state index contributed by atoms with van der Waals surface area (Å²) in [7, 11) is -3.69.